The third-order valence-electron chi connectivity index (χ3n) is 5.71. The highest BCUT2D eigenvalue weighted by Crippen LogP contribution is 2.36. The molecule has 1 atom stereocenters. The number of carbonyl (C=O) groups is 1. The van der Waals surface area contributed by atoms with Gasteiger partial charge in [-0.05, 0) is 25.1 Å². The molecule has 0 saturated carbocycles. The lowest BCUT2D eigenvalue weighted by Crippen LogP contribution is -2.49. The Balaban J connectivity index is 1.31. The van der Waals surface area contributed by atoms with E-state index in [4.69, 9.17) is 16.1 Å². The third kappa shape index (κ3) is 5.75. The van der Waals surface area contributed by atoms with Gasteiger partial charge in [0, 0.05) is 36.8 Å². The number of rotatable bonds is 6. The topological polar surface area (TPSA) is 74.5 Å². The van der Waals surface area contributed by atoms with Gasteiger partial charge >= 0.3 is 6.18 Å². The summed E-state index contributed by atoms with van der Waals surface area (Å²) < 4.78 is 45.2. The molecule has 34 heavy (non-hydrogen) atoms. The molecule has 3 aromatic rings. The maximum absolute atomic E-state index is 13.3. The lowest BCUT2D eigenvalue weighted by Gasteiger charge is -2.36. The zero-order valence-corrected chi connectivity index (χ0v) is 19.1. The summed E-state index contributed by atoms with van der Waals surface area (Å²) in [5.74, 6) is 0.518. The first-order valence-corrected chi connectivity index (χ1v) is 11.1. The zero-order valence-electron chi connectivity index (χ0n) is 18.3. The van der Waals surface area contributed by atoms with Gasteiger partial charge in [0.15, 0.2) is 0 Å². The van der Waals surface area contributed by atoms with Gasteiger partial charge in [0.1, 0.15) is 0 Å². The largest absolute Gasteiger partial charge is 0.418 e. The van der Waals surface area contributed by atoms with E-state index in [9.17, 15) is 18.0 Å². The molecule has 0 spiro atoms. The van der Waals surface area contributed by atoms with Crippen LogP contribution in [0.2, 0.25) is 5.02 Å². The molecule has 7 nitrogen and oxygen atoms in total. The summed E-state index contributed by atoms with van der Waals surface area (Å²) in [6.07, 6.45) is -4.62. The smallest absolute Gasteiger partial charge is 0.337 e. The number of nitrogens with zero attached hydrogens (tertiary/aromatic N) is 4. The van der Waals surface area contributed by atoms with E-state index in [0.717, 1.165) is 17.7 Å². The van der Waals surface area contributed by atoms with Gasteiger partial charge in [0.05, 0.1) is 23.8 Å². The second kappa shape index (κ2) is 10.1. The van der Waals surface area contributed by atoms with E-state index in [0.29, 0.717) is 37.9 Å². The van der Waals surface area contributed by atoms with Crippen molar-refractivity contribution in [3.05, 3.63) is 65.0 Å². The molecule has 1 N–H and O–H groups in total. The molecule has 1 aliphatic rings. The average Bonchev–Trinajstić information content (AvgIpc) is 3.30. The fourth-order valence-corrected chi connectivity index (χ4v) is 4.00. The van der Waals surface area contributed by atoms with Crippen molar-refractivity contribution in [2.75, 3.05) is 38.0 Å². The summed E-state index contributed by atoms with van der Waals surface area (Å²) in [4.78, 5) is 21.0. The molecule has 1 fully saturated rings. The summed E-state index contributed by atoms with van der Waals surface area (Å²) >= 11 is 5.69. The number of amides is 1. The summed E-state index contributed by atoms with van der Waals surface area (Å²) in [5, 5.41) is 6.38. The molecule has 1 saturated heterocycles. The molecule has 0 bridgehead atoms. The number of alkyl halides is 3. The SMILES string of the molecule is CC(c1nc(-c2ccccc2)no1)N1CCN(CC(=O)Nc2ccc(Cl)cc2C(F)(F)F)CC1. The van der Waals surface area contributed by atoms with Crippen LogP contribution in [0.3, 0.4) is 0 Å². The highest BCUT2D eigenvalue weighted by atomic mass is 35.5. The first kappa shape index (κ1) is 24.2. The normalized spacial score (nSPS) is 16.4. The number of anilines is 1. The molecule has 180 valence electrons. The fourth-order valence-electron chi connectivity index (χ4n) is 3.83. The van der Waals surface area contributed by atoms with Gasteiger partial charge in [-0.1, -0.05) is 47.1 Å². The second-order valence-electron chi connectivity index (χ2n) is 8.05. The molecule has 0 radical (unpaired) electrons. The van der Waals surface area contributed by atoms with Crippen molar-refractivity contribution in [2.24, 2.45) is 0 Å². The van der Waals surface area contributed by atoms with Crippen LogP contribution in [0.5, 0.6) is 0 Å². The maximum Gasteiger partial charge on any atom is 0.418 e. The van der Waals surface area contributed by atoms with Crippen LogP contribution in [0.15, 0.2) is 53.1 Å². The van der Waals surface area contributed by atoms with Crippen molar-refractivity contribution < 1.29 is 22.5 Å². The quantitative estimate of drug-likeness (QED) is 0.535. The second-order valence-corrected chi connectivity index (χ2v) is 8.48. The Labute approximate surface area is 199 Å². The highest BCUT2D eigenvalue weighted by molar-refractivity contribution is 6.30. The monoisotopic (exact) mass is 493 g/mol. The van der Waals surface area contributed by atoms with Crippen LogP contribution in [0.25, 0.3) is 11.4 Å². The van der Waals surface area contributed by atoms with Gasteiger partial charge in [0.2, 0.25) is 17.6 Å². The molecular formula is C23H23ClF3N5O2. The molecule has 2 heterocycles. The van der Waals surface area contributed by atoms with Crippen LogP contribution in [0.1, 0.15) is 24.4 Å². The summed E-state index contributed by atoms with van der Waals surface area (Å²) in [6.45, 7) is 4.40. The van der Waals surface area contributed by atoms with Crippen molar-refractivity contribution >= 4 is 23.2 Å². The summed E-state index contributed by atoms with van der Waals surface area (Å²) in [6, 6.07) is 12.7. The summed E-state index contributed by atoms with van der Waals surface area (Å²) in [7, 11) is 0. The third-order valence-corrected chi connectivity index (χ3v) is 5.95. The van der Waals surface area contributed by atoms with E-state index in [1.54, 1.807) is 0 Å². The van der Waals surface area contributed by atoms with Crippen molar-refractivity contribution in [1.29, 1.82) is 0 Å². The first-order chi connectivity index (χ1) is 16.2. The minimum Gasteiger partial charge on any atom is -0.337 e. The zero-order chi connectivity index (χ0) is 24.3. The number of piperazine rings is 1. The lowest BCUT2D eigenvalue weighted by atomic mass is 10.1. The van der Waals surface area contributed by atoms with Crippen LogP contribution < -0.4 is 5.32 Å². The van der Waals surface area contributed by atoms with Crippen molar-refractivity contribution in [1.82, 2.24) is 19.9 Å². The van der Waals surface area contributed by atoms with Crippen molar-refractivity contribution in [3.8, 4) is 11.4 Å². The van der Waals surface area contributed by atoms with E-state index in [1.165, 1.54) is 6.07 Å². The van der Waals surface area contributed by atoms with Gasteiger partial charge in [-0.2, -0.15) is 18.2 Å². The Hall–Kier alpha value is -2.95. The van der Waals surface area contributed by atoms with E-state index in [2.05, 4.69) is 20.4 Å². The Morgan fingerprint density at radius 3 is 2.53 bits per heavy atom. The lowest BCUT2D eigenvalue weighted by molar-refractivity contribution is -0.137. The predicted molar refractivity (Wildman–Crippen MR) is 121 cm³/mol. The van der Waals surface area contributed by atoms with E-state index < -0.39 is 17.6 Å². The number of carbonyl (C=O) groups excluding carboxylic acids is 1. The minimum atomic E-state index is -4.62. The van der Waals surface area contributed by atoms with Crippen LogP contribution in [0.4, 0.5) is 18.9 Å². The predicted octanol–water partition coefficient (Wildman–Crippen LogP) is 4.73. The molecule has 1 amide bonds. The van der Waals surface area contributed by atoms with E-state index in [-0.39, 0.29) is 23.3 Å². The molecule has 1 aliphatic heterocycles. The van der Waals surface area contributed by atoms with E-state index >= 15 is 0 Å². The standard InChI is InChI=1S/C23H23ClF3N5O2/c1-15(22-29-21(30-34-22)16-5-3-2-4-6-16)32-11-9-31(10-12-32)14-20(33)28-19-8-7-17(24)13-18(19)23(25,26)27/h2-8,13,15H,9-12,14H2,1H3,(H,28,33). The first-order valence-electron chi connectivity index (χ1n) is 10.7. The number of benzene rings is 2. The molecule has 11 heteroatoms. The molecule has 0 aliphatic carbocycles. The van der Waals surface area contributed by atoms with E-state index in [1.807, 2.05) is 42.2 Å². The molecular weight excluding hydrogens is 471 g/mol. The molecule has 1 unspecified atom stereocenters. The van der Waals surface area contributed by atoms with Gasteiger partial charge in [-0.25, -0.2) is 0 Å². The fraction of sp³-hybridized carbons (Fsp3) is 0.348. The minimum absolute atomic E-state index is 0.0130. The number of hydrogen-bond donors (Lipinski definition) is 1. The Morgan fingerprint density at radius 2 is 1.85 bits per heavy atom. The van der Waals surface area contributed by atoms with Gasteiger partial charge in [-0.3, -0.25) is 14.6 Å². The Kier molecular flexibility index (Phi) is 7.20. The van der Waals surface area contributed by atoms with Crippen LogP contribution in [0, 0.1) is 0 Å². The molecule has 1 aromatic heterocycles. The van der Waals surface area contributed by atoms with Crippen LogP contribution >= 0.6 is 11.6 Å². The molecule has 2 aromatic carbocycles. The van der Waals surface area contributed by atoms with Crippen LogP contribution in [-0.2, 0) is 11.0 Å². The van der Waals surface area contributed by atoms with Gasteiger partial charge < -0.3 is 9.84 Å². The highest BCUT2D eigenvalue weighted by Gasteiger charge is 2.34. The number of halogens is 4. The summed E-state index contributed by atoms with van der Waals surface area (Å²) in [5.41, 5.74) is -0.406. The average molecular weight is 494 g/mol. The van der Waals surface area contributed by atoms with Crippen molar-refractivity contribution in [2.45, 2.75) is 19.1 Å². The Bertz CT molecular complexity index is 1130. The van der Waals surface area contributed by atoms with Gasteiger partial charge in [0.25, 0.3) is 0 Å². The Morgan fingerprint density at radius 1 is 1.15 bits per heavy atom. The molecule has 4 rings (SSSR count). The van der Waals surface area contributed by atoms with Gasteiger partial charge in [-0.15, -0.1) is 0 Å². The van der Waals surface area contributed by atoms with Crippen molar-refractivity contribution in [3.63, 3.8) is 0 Å². The number of nitrogens with one attached hydrogen (secondary N) is 1. The number of aromatic nitrogens is 2. The van der Waals surface area contributed by atoms with Crippen LogP contribution in [-0.4, -0.2) is 58.6 Å². The maximum atomic E-state index is 13.3. The number of hydrogen-bond acceptors (Lipinski definition) is 6.